The quantitative estimate of drug-likeness (QED) is 0.884. The van der Waals surface area contributed by atoms with E-state index in [2.05, 4.69) is 5.32 Å². The summed E-state index contributed by atoms with van der Waals surface area (Å²) in [5, 5.41) is 3.87. The zero-order valence-corrected chi connectivity index (χ0v) is 14.6. The minimum absolute atomic E-state index is 0.0836. The molecule has 0 bridgehead atoms. The van der Waals surface area contributed by atoms with E-state index in [1.54, 1.807) is 41.3 Å². The van der Waals surface area contributed by atoms with Crippen LogP contribution in [0.15, 0.2) is 42.5 Å². The number of para-hydroxylation sites is 1. The summed E-state index contributed by atoms with van der Waals surface area (Å²) in [4.78, 5) is 26.4. The predicted molar refractivity (Wildman–Crippen MR) is 96.7 cm³/mol. The first-order valence-corrected chi connectivity index (χ1v) is 8.34. The third-order valence-electron chi connectivity index (χ3n) is 4.16. The molecule has 1 aliphatic heterocycles. The lowest BCUT2D eigenvalue weighted by atomic mass is 10.1. The Morgan fingerprint density at radius 3 is 2.58 bits per heavy atom. The number of hydrogen-bond donors (Lipinski definition) is 1. The van der Waals surface area contributed by atoms with E-state index in [9.17, 15) is 9.59 Å². The molecule has 1 fully saturated rings. The lowest BCUT2D eigenvalue weighted by Crippen LogP contribution is -2.28. The van der Waals surface area contributed by atoms with Crippen molar-refractivity contribution in [3.63, 3.8) is 0 Å². The van der Waals surface area contributed by atoms with Gasteiger partial charge in [0.1, 0.15) is 0 Å². The molecule has 1 unspecified atom stereocenters. The number of rotatable bonds is 3. The van der Waals surface area contributed by atoms with Crippen molar-refractivity contribution in [3.8, 4) is 0 Å². The lowest BCUT2D eigenvalue weighted by Gasteiger charge is -2.19. The molecule has 3 rings (SSSR count). The minimum atomic E-state index is -0.424. The van der Waals surface area contributed by atoms with Gasteiger partial charge in [-0.3, -0.25) is 9.59 Å². The predicted octanol–water partition coefficient (Wildman–Crippen LogP) is 4.29. The molecule has 0 spiro atoms. The van der Waals surface area contributed by atoms with Crippen LogP contribution < -0.4 is 10.2 Å². The molecule has 2 amide bonds. The SMILES string of the molecule is Cc1c(Cl)cccc1N1CC(C(=O)Nc2ccccc2Cl)CC1=O. The molecule has 6 heteroatoms. The van der Waals surface area contributed by atoms with Crippen molar-refractivity contribution in [1.29, 1.82) is 0 Å². The fourth-order valence-electron chi connectivity index (χ4n) is 2.80. The Bertz CT molecular complexity index is 807. The Morgan fingerprint density at radius 2 is 1.83 bits per heavy atom. The highest BCUT2D eigenvalue weighted by molar-refractivity contribution is 6.33. The number of carbonyl (C=O) groups is 2. The molecule has 0 radical (unpaired) electrons. The Morgan fingerprint density at radius 1 is 1.12 bits per heavy atom. The van der Waals surface area contributed by atoms with Gasteiger partial charge in [0.25, 0.3) is 0 Å². The molecule has 0 saturated carbocycles. The third kappa shape index (κ3) is 3.25. The summed E-state index contributed by atoms with van der Waals surface area (Å²) in [6, 6.07) is 12.4. The van der Waals surface area contributed by atoms with Crippen molar-refractivity contribution in [3.05, 3.63) is 58.1 Å². The Kier molecular flexibility index (Phi) is 4.78. The molecule has 1 aliphatic rings. The molecule has 2 aromatic rings. The first-order chi connectivity index (χ1) is 11.5. The number of benzene rings is 2. The van der Waals surface area contributed by atoms with E-state index in [4.69, 9.17) is 23.2 Å². The maximum Gasteiger partial charge on any atom is 0.229 e. The van der Waals surface area contributed by atoms with Gasteiger partial charge in [-0.2, -0.15) is 0 Å². The fourth-order valence-corrected chi connectivity index (χ4v) is 3.15. The van der Waals surface area contributed by atoms with Crippen LogP contribution in [0.4, 0.5) is 11.4 Å². The highest BCUT2D eigenvalue weighted by Crippen LogP contribution is 2.32. The summed E-state index contributed by atoms with van der Waals surface area (Å²) in [7, 11) is 0. The summed E-state index contributed by atoms with van der Waals surface area (Å²) < 4.78 is 0. The molecule has 0 aromatic heterocycles. The van der Waals surface area contributed by atoms with E-state index in [1.165, 1.54) is 0 Å². The number of halogens is 2. The van der Waals surface area contributed by atoms with Crippen LogP contribution in [0.3, 0.4) is 0 Å². The average Bonchev–Trinajstić information content (AvgIpc) is 2.94. The summed E-state index contributed by atoms with van der Waals surface area (Å²) in [5.74, 6) is -0.717. The van der Waals surface area contributed by atoms with Gasteiger partial charge in [-0.05, 0) is 36.8 Å². The van der Waals surface area contributed by atoms with Crippen LogP contribution in [0.1, 0.15) is 12.0 Å². The summed E-state index contributed by atoms with van der Waals surface area (Å²) in [6.45, 7) is 2.19. The molecule has 4 nitrogen and oxygen atoms in total. The Hall–Kier alpha value is -2.04. The summed E-state index contributed by atoms with van der Waals surface area (Å²) >= 11 is 12.2. The molecule has 24 heavy (non-hydrogen) atoms. The fraction of sp³-hybridized carbons (Fsp3) is 0.222. The number of anilines is 2. The molecule has 1 heterocycles. The molecule has 2 aromatic carbocycles. The zero-order chi connectivity index (χ0) is 17.3. The van der Waals surface area contributed by atoms with Gasteiger partial charge >= 0.3 is 0 Å². The van der Waals surface area contributed by atoms with E-state index < -0.39 is 5.92 Å². The van der Waals surface area contributed by atoms with Crippen molar-refractivity contribution in [2.24, 2.45) is 5.92 Å². The van der Waals surface area contributed by atoms with Crippen LogP contribution in [-0.4, -0.2) is 18.4 Å². The number of amides is 2. The number of nitrogens with zero attached hydrogens (tertiary/aromatic N) is 1. The zero-order valence-electron chi connectivity index (χ0n) is 13.1. The van der Waals surface area contributed by atoms with E-state index in [0.717, 1.165) is 11.3 Å². The van der Waals surface area contributed by atoms with Gasteiger partial charge in [-0.1, -0.05) is 41.4 Å². The molecule has 0 aliphatic carbocycles. The first kappa shape index (κ1) is 16.8. The van der Waals surface area contributed by atoms with Crippen molar-refractivity contribution in [1.82, 2.24) is 0 Å². The second-order valence-electron chi connectivity index (χ2n) is 5.76. The Labute approximate surface area is 150 Å². The van der Waals surface area contributed by atoms with Gasteiger partial charge in [0.2, 0.25) is 11.8 Å². The summed E-state index contributed by atoms with van der Waals surface area (Å²) in [6.07, 6.45) is 0.169. The smallest absolute Gasteiger partial charge is 0.229 e. The monoisotopic (exact) mass is 362 g/mol. The van der Waals surface area contributed by atoms with Gasteiger partial charge < -0.3 is 10.2 Å². The standard InChI is InChI=1S/C18H16Cl2N2O2/c1-11-13(19)6-4-8-16(11)22-10-12(9-17(22)23)18(24)21-15-7-3-2-5-14(15)20/h2-8,12H,9-10H2,1H3,(H,21,24). The van der Waals surface area contributed by atoms with E-state index in [1.807, 2.05) is 13.0 Å². The van der Waals surface area contributed by atoms with Gasteiger partial charge in [-0.15, -0.1) is 0 Å². The average molecular weight is 363 g/mol. The van der Waals surface area contributed by atoms with Crippen molar-refractivity contribution in [2.75, 3.05) is 16.8 Å². The van der Waals surface area contributed by atoms with Gasteiger partial charge in [0.05, 0.1) is 16.6 Å². The number of hydrogen-bond acceptors (Lipinski definition) is 2. The largest absolute Gasteiger partial charge is 0.324 e. The highest BCUT2D eigenvalue weighted by atomic mass is 35.5. The molecular weight excluding hydrogens is 347 g/mol. The highest BCUT2D eigenvalue weighted by Gasteiger charge is 2.36. The summed E-state index contributed by atoms with van der Waals surface area (Å²) in [5.41, 5.74) is 2.13. The number of carbonyl (C=O) groups excluding carboxylic acids is 2. The second-order valence-corrected chi connectivity index (χ2v) is 6.57. The lowest BCUT2D eigenvalue weighted by molar-refractivity contribution is -0.122. The van der Waals surface area contributed by atoms with Gasteiger partial charge in [0, 0.05) is 23.7 Å². The van der Waals surface area contributed by atoms with E-state index in [0.29, 0.717) is 22.3 Å². The van der Waals surface area contributed by atoms with Crippen LogP contribution in [0.2, 0.25) is 10.0 Å². The van der Waals surface area contributed by atoms with Crippen LogP contribution in [0.25, 0.3) is 0 Å². The maximum atomic E-state index is 12.5. The first-order valence-electron chi connectivity index (χ1n) is 7.58. The topological polar surface area (TPSA) is 49.4 Å². The molecular formula is C18H16Cl2N2O2. The van der Waals surface area contributed by atoms with Crippen molar-refractivity contribution >= 4 is 46.4 Å². The van der Waals surface area contributed by atoms with Crippen molar-refractivity contribution in [2.45, 2.75) is 13.3 Å². The molecule has 124 valence electrons. The van der Waals surface area contributed by atoms with Gasteiger partial charge in [0.15, 0.2) is 0 Å². The number of nitrogens with one attached hydrogen (secondary N) is 1. The maximum absolute atomic E-state index is 12.5. The van der Waals surface area contributed by atoms with E-state index in [-0.39, 0.29) is 18.2 Å². The second kappa shape index (κ2) is 6.83. The van der Waals surface area contributed by atoms with Gasteiger partial charge in [-0.25, -0.2) is 0 Å². The molecule has 1 N–H and O–H groups in total. The molecule has 1 saturated heterocycles. The van der Waals surface area contributed by atoms with Crippen LogP contribution >= 0.6 is 23.2 Å². The third-order valence-corrected chi connectivity index (χ3v) is 4.90. The minimum Gasteiger partial charge on any atom is -0.324 e. The van der Waals surface area contributed by atoms with Crippen LogP contribution in [-0.2, 0) is 9.59 Å². The van der Waals surface area contributed by atoms with Crippen LogP contribution in [0.5, 0.6) is 0 Å². The van der Waals surface area contributed by atoms with E-state index >= 15 is 0 Å². The normalized spacial score (nSPS) is 17.2. The van der Waals surface area contributed by atoms with Crippen LogP contribution in [0, 0.1) is 12.8 Å². The Balaban J connectivity index is 1.76. The van der Waals surface area contributed by atoms with Crippen molar-refractivity contribution < 1.29 is 9.59 Å². The molecule has 1 atom stereocenters.